The van der Waals surface area contributed by atoms with Gasteiger partial charge in [0.05, 0.1) is 34.1 Å². The number of carbonyl (C=O) groups excluding carboxylic acids is 2. The molecule has 0 radical (unpaired) electrons. The van der Waals surface area contributed by atoms with Crippen molar-refractivity contribution >= 4 is 56.3 Å². The molecule has 5 aromatic heterocycles. The number of rotatable bonds is 8. The van der Waals surface area contributed by atoms with Gasteiger partial charge in [0.2, 0.25) is 5.91 Å². The van der Waals surface area contributed by atoms with Crippen molar-refractivity contribution < 1.29 is 29.3 Å². The van der Waals surface area contributed by atoms with Crippen molar-refractivity contribution in [2.75, 3.05) is 20.1 Å². The van der Waals surface area contributed by atoms with Gasteiger partial charge in [-0.2, -0.15) is 5.10 Å². The zero-order chi connectivity index (χ0) is 42.8. The minimum Gasteiger partial charge on any atom is -0.508 e. The molecule has 62 heavy (non-hydrogen) atoms. The Morgan fingerprint density at radius 1 is 0.952 bits per heavy atom. The summed E-state index contributed by atoms with van der Waals surface area (Å²) in [6.45, 7) is 5.91. The van der Waals surface area contributed by atoms with Crippen LogP contribution < -0.4 is 10.4 Å². The Bertz CT molecular complexity index is 3180. The van der Waals surface area contributed by atoms with Crippen LogP contribution in [0.25, 0.3) is 61.4 Å². The van der Waals surface area contributed by atoms with Gasteiger partial charge in [0.25, 0.3) is 0 Å². The van der Waals surface area contributed by atoms with E-state index in [-0.39, 0.29) is 35.2 Å². The highest BCUT2D eigenvalue weighted by atomic mass is 16.6. The van der Waals surface area contributed by atoms with E-state index in [4.69, 9.17) is 14.5 Å². The Morgan fingerprint density at radius 2 is 1.79 bits per heavy atom. The number of nitrogens with zero attached hydrogens (tertiary/aromatic N) is 7. The summed E-state index contributed by atoms with van der Waals surface area (Å²) in [6.07, 6.45) is 10.9. The molecule has 1 saturated heterocycles. The number of H-pyrrole nitrogens is 1. The zero-order valence-corrected chi connectivity index (χ0v) is 34.4. The summed E-state index contributed by atoms with van der Waals surface area (Å²) in [5, 5.41) is 30.5. The number of fused-ring (bicyclic) bond motifs is 6. The lowest BCUT2D eigenvalue weighted by molar-refractivity contribution is -0.132. The quantitative estimate of drug-likeness (QED) is 0.139. The Hall–Kier alpha value is -7.55. The number of aromatic hydroxyl groups is 2. The van der Waals surface area contributed by atoms with Crippen LogP contribution >= 0.6 is 0 Å². The fraction of sp³-hybridized carbons (Fsp3) is 0.255. The summed E-state index contributed by atoms with van der Waals surface area (Å²) >= 11 is 0. The van der Waals surface area contributed by atoms with E-state index in [2.05, 4.69) is 39.1 Å². The highest BCUT2D eigenvalue weighted by Crippen LogP contribution is 2.38. The van der Waals surface area contributed by atoms with Crippen molar-refractivity contribution in [3.05, 3.63) is 119 Å². The number of phenolic OH excluding ortho intramolecular Hbond substituents is 2. The minimum atomic E-state index is -0.474. The van der Waals surface area contributed by atoms with Gasteiger partial charge in [-0.15, -0.1) is 0 Å². The number of nitrogens with one attached hydrogen (secondary N) is 1. The van der Waals surface area contributed by atoms with Gasteiger partial charge < -0.3 is 38.5 Å². The van der Waals surface area contributed by atoms with Crippen LogP contribution in [-0.2, 0) is 22.7 Å². The molecule has 15 nitrogen and oxygen atoms in total. The van der Waals surface area contributed by atoms with Gasteiger partial charge in [0.1, 0.15) is 23.9 Å². The molecule has 3 aromatic carbocycles. The number of aromatic amines is 1. The van der Waals surface area contributed by atoms with Crippen LogP contribution in [0, 0.1) is 0 Å². The molecule has 314 valence electrons. The molecule has 2 aliphatic rings. The summed E-state index contributed by atoms with van der Waals surface area (Å²) in [6, 6.07) is 20.0. The van der Waals surface area contributed by atoms with E-state index < -0.39 is 11.8 Å². The summed E-state index contributed by atoms with van der Waals surface area (Å²) in [4.78, 5) is 48.2. The van der Waals surface area contributed by atoms with Gasteiger partial charge in [0.15, 0.2) is 5.82 Å². The standard InChI is InChI=1S/C47H44N8O7/c1-27(2)36-22-37(42(57)23-41(36)56)45-49-50-46(59)55(45)34-4-7-39-29(19-34)8-13-52(39)16-11-43(58)53-14-9-33(10-15-53)51(3)47(60)62-35-5-6-38-30(20-35)18-31-24-54-25-32-26-61-17-12-28(32)21-40(54)44(31)48-38/h4-8,12-13,17-25,27,33,56-57H,9-11,14-16,26H2,1-3H3,(H,50,59). The number of likely N-dealkylation sites (tertiary alicyclic amines) is 1. The predicted molar refractivity (Wildman–Crippen MR) is 235 cm³/mol. The average Bonchev–Trinajstić information content (AvgIpc) is 3.97. The molecular weight excluding hydrogens is 789 g/mol. The number of pyridine rings is 2. The van der Waals surface area contributed by atoms with Crippen molar-refractivity contribution in [3.8, 4) is 34.3 Å². The number of phenols is 2. The number of piperidine rings is 1. The number of amides is 2. The number of hydrogen-bond donors (Lipinski definition) is 3. The first kappa shape index (κ1) is 38.6. The molecule has 1 fully saturated rings. The normalized spacial score (nSPS) is 14.3. The maximum atomic E-state index is 13.4. The molecule has 0 bridgehead atoms. The summed E-state index contributed by atoms with van der Waals surface area (Å²) in [5.74, 6) is 0.445. The number of carbonyl (C=O) groups is 2. The molecule has 0 saturated carbocycles. The van der Waals surface area contributed by atoms with Crippen LogP contribution in [0.15, 0.2) is 96.4 Å². The lowest BCUT2D eigenvalue weighted by Crippen LogP contribution is -2.48. The molecule has 7 heterocycles. The third kappa shape index (κ3) is 6.84. The van der Waals surface area contributed by atoms with Crippen LogP contribution in [-0.4, -0.2) is 86.9 Å². The van der Waals surface area contributed by atoms with E-state index in [0.717, 1.165) is 49.4 Å². The molecule has 10 rings (SSSR count). The molecule has 0 spiro atoms. The highest BCUT2D eigenvalue weighted by Gasteiger charge is 2.29. The van der Waals surface area contributed by atoms with Gasteiger partial charge in [-0.3, -0.25) is 4.79 Å². The summed E-state index contributed by atoms with van der Waals surface area (Å²) in [7, 11) is 1.75. The maximum Gasteiger partial charge on any atom is 0.415 e. The molecule has 0 atom stereocenters. The lowest BCUT2D eigenvalue weighted by atomic mass is 9.98. The second kappa shape index (κ2) is 15.2. The smallest absolute Gasteiger partial charge is 0.415 e. The summed E-state index contributed by atoms with van der Waals surface area (Å²) in [5.41, 5.74) is 6.86. The van der Waals surface area contributed by atoms with Crippen LogP contribution in [0.5, 0.6) is 17.2 Å². The number of aryl methyl sites for hydroxylation is 1. The Kier molecular flexibility index (Phi) is 9.45. The van der Waals surface area contributed by atoms with E-state index in [1.54, 1.807) is 36.4 Å². The van der Waals surface area contributed by atoms with Gasteiger partial charge in [-0.05, 0) is 96.6 Å². The van der Waals surface area contributed by atoms with E-state index in [9.17, 15) is 24.6 Å². The second-order valence-corrected chi connectivity index (χ2v) is 16.4. The SMILES string of the molecule is CC(C)c1cc(-c2n[nH]c(=O)n2-c2ccc3c(ccn3CCC(=O)N3CCC(N(C)C(=O)Oc4ccc5nc6c(cc5c4)cn4cc5c(cc64)C=COC5)CC3)c2)c(O)cc1O. The lowest BCUT2D eigenvalue weighted by Gasteiger charge is -2.36. The fourth-order valence-corrected chi connectivity index (χ4v) is 8.82. The Balaban J connectivity index is 0.756. The monoisotopic (exact) mass is 832 g/mol. The second-order valence-electron chi connectivity index (χ2n) is 16.4. The van der Waals surface area contributed by atoms with Crippen LogP contribution in [0.1, 0.15) is 55.7 Å². The van der Waals surface area contributed by atoms with Gasteiger partial charge in [0, 0.05) is 91.0 Å². The topological polar surface area (TPSA) is 172 Å². The molecule has 15 heteroatoms. The number of hydrogen-bond acceptors (Lipinski definition) is 9. The molecule has 2 amide bonds. The first-order valence-corrected chi connectivity index (χ1v) is 20.7. The van der Waals surface area contributed by atoms with E-state index in [0.29, 0.717) is 68.1 Å². The molecule has 0 unspecified atom stereocenters. The van der Waals surface area contributed by atoms with Crippen LogP contribution in [0.3, 0.4) is 0 Å². The van der Waals surface area contributed by atoms with Gasteiger partial charge in [-0.1, -0.05) is 13.8 Å². The minimum absolute atomic E-state index is 0.0245. The fourth-order valence-electron chi connectivity index (χ4n) is 8.82. The number of benzene rings is 3. The van der Waals surface area contributed by atoms with E-state index >= 15 is 0 Å². The molecule has 2 aliphatic heterocycles. The number of ether oxygens (including phenoxy) is 2. The maximum absolute atomic E-state index is 13.4. The third-order valence-electron chi connectivity index (χ3n) is 12.3. The van der Waals surface area contributed by atoms with Crippen LogP contribution in [0.2, 0.25) is 0 Å². The van der Waals surface area contributed by atoms with Crippen molar-refractivity contribution in [1.82, 2.24) is 38.5 Å². The van der Waals surface area contributed by atoms with Crippen molar-refractivity contribution in [2.24, 2.45) is 0 Å². The first-order valence-electron chi connectivity index (χ1n) is 20.7. The molecule has 0 aliphatic carbocycles. The van der Waals surface area contributed by atoms with Crippen LogP contribution in [0.4, 0.5) is 4.79 Å². The van der Waals surface area contributed by atoms with Crippen molar-refractivity contribution in [2.45, 2.75) is 58.2 Å². The van der Waals surface area contributed by atoms with Crippen molar-refractivity contribution in [1.29, 1.82) is 0 Å². The van der Waals surface area contributed by atoms with Gasteiger partial charge >= 0.3 is 11.8 Å². The Morgan fingerprint density at radius 3 is 2.61 bits per heavy atom. The van der Waals surface area contributed by atoms with E-state index in [1.165, 1.54) is 10.6 Å². The first-order chi connectivity index (χ1) is 30.0. The van der Waals surface area contributed by atoms with Gasteiger partial charge in [-0.25, -0.2) is 24.2 Å². The largest absolute Gasteiger partial charge is 0.508 e. The number of aromatic nitrogens is 6. The average molecular weight is 833 g/mol. The summed E-state index contributed by atoms with van der Waals surface area (Å²) < 4.78 is 16.8. The molecular formula is C47H44N8O7. The Labute approximate surface area is 354 Å². The van der Waals surface area contributed by atoms with Crippen molar-refractivity contribution in [3.63, 3.8) is 0 Å². The highest BCUT2D eigenvalue weighted by molar-refractivity contribution is 6.01. The predicted octanol–water partition coefficient (Wildman–Crippen LogP) is 7.68. The zero-order valence-electron chi connectivity index (χ0n) is 34.4. The molecule has 3 N–H and O–H groups in total. The molecule has 8 aromatic rings. The third-order valence-corrected chi connectivity index (χ3v) is 12.3. The van der Waals surface area contributed by atoms with E-state index in [1.807, 2.05) is 65.9 Å².